The van der Waals surface area contributed by atoms with E-state index < -0.39 is 0 Å². The van der Waals surface area contributed by atoms with E-state index in [1.54, 1.807) is 0 Å². The van der Waals surface area contributed by atoms with Gasteiger partial charge in [0.1, 0.15) is 0 Å². The fourth-order valence-electron chi connectivity index (χ4n) is 1.76. The maximum absolute atomic E-state index is 5.66. The molecule has 5 heteroatoms. The highest BCUT2D eigenvalue weighted by Gasteiger charge is 2.20. The van der Waals surface area contributed by atoms with E-state index in [2.05, 4.69) is 42.7 Å². The predicted molar refractivity (Wildman–Crippen MR) is 72.7 cm³/mol. The zero-order chi connectivity index (χ0) is 12.9. The molecular weight excluding hydrogens is 232 g/mol. The highest BCUT2D eigenvalue weighted by Crippen LogP contribution is 2.30. The summed E-state index contributed by atoms with van der Waals surface area (Å²) >= 11 is 1.47. The van der Waals surface area contributed by atoms with E-state index in [4.69, 9.17) is 5.84 Å². The second-order valence-electron chi connectivity index (χ2n) is 5.65. The van der Waals surface area contributed by atoms with Crippen molar-refractivity contribution >= 4 is 11.5 Å². The summed E-state index contributed by atoms with van der Waals surface area (Å²) in [5.41, 5.74) is 4.34. The third kappa shape index (κ3) is 4.69. The third-order valence-corrected chi connectivity index (χ3v) is 3.65. The van der Waals surface area contributed by atoms with Crippen LogP contribution >= 0.6 is 11.5 Å². The summed E-state index contributed by atoms with van der Waals surface area (Å²) < 4.78 is 4.05. The van der Waals surface area contributed by atoms with Crippen LogP contribution in [0.15, 0.2) is 0 Å². The molecule has 1 rings (SSSR count). The van der Waals surface area contributed by atoms with Crippen molar-refractivity contribution in [2.24, 2.45) is 11.3 Å². The monoisotopic (exact) mass is 256 g/mol. The molecule has 1 aromatic rings. The Morgan fingerprint density at radius 3 is 2.65 bits per heavy atom. The standard InChI is InChI=1S/C12H24N4S/c1-5-6-10-11(17-16-15-10)9(14-13)7-8-12(2,3)4/h9,14H,5-8,13H2,1-4H3. The number of aryl methyl sites for hydroxylation is 1. The van der Waals surface area contributed by atoms with E-state index in [0.29, 0.717) is 5.41 Å². The van der Waals surface area contributed by atoms with E-state index in [-0.39, 0.29) is 6.04 Å². The largest absolute Gasteiger partial charge is 0.271 e. The molecule has 0 saturated heterocycles. The van der Waals surface area contributed by atoms with Crippen molar-refractivity contribution in [3.8, 4) is 0 Å². The molecule has 0 aliphatic heterocycles. The van der Waals surface area contributed by atoms with Crippen LogP contribution in [0, 0.1) is 5.41 Å². The second-order valence-corrected chi connectivity index (χ2v) is 6.44. The number of nitrogens with zero attached hydrogens (tertiary/aromatic N) is 2. The van der Waals surface area contributed by atoms with Gasteiger partial charge in [-0.3, -0.25) is 11.3 Å². The minimum atomic E-state index is 0.191. The van der Waals surface area contributed by atoms with Gasteiger partial charge >= 0.3 is 0 Å². The fraction of sp³-hybridized carbons (Fsp3) is 0.833. The van der Waals surface area contributed by atoms with Crippen LogP contribution in [0.25, 0.3) is 0 Å². The molecule has 4 nitrogen and oxygen atoms in total. The van der Waals surface area contributed by atoms with Crippen LogP contribution in [0.4, 0.5) is 0 Å². The summed E-state index contributed by atoms with van der Waals surface area (Å²) in [6, 6.07) is 0.191. The van der Waals surface area contributed by atoms with Crippen LogP contribution in [0.3, 0.4) is 0 Å². The minimum absolute atomic E-state index is 0.191. The number of hydrogen-bond acceptors (Lipinski definition) is 5. The van der Waals surface area contributed by atoms with Crippen LogP contribution in [-0.4, -0.2) is 9.59 Å². The van der Waals surface area contributed by atoms with Crippen LogP contribution < -0.4 is 11.3 Å². The molecule has 0 spiro atoms. The van der Waals surface area contributed by atoms with Crippen molar-refractivity contribution in [2.45, 2.75) is 59.4 Å². The highest BCUT2D eigenvalue weighted by atomic mass is 32.1. The van der Waals surface area contributed by atoms with Gasteiger partial charge in [0.05, 0.1) is 16.6 Å². The topological polar surface area (TPSA) is 63.8 Å². The van der Waals surface area contributed by atoms with Gasteiger partial charge in [0.2, 0.25) is 0 Å². The summed E-state index contributed by atoms with van der Waals surface area (Å²) in [7, 11) is 0. The SMILES string of the molecule is CCCc1nnsc1C(CCC(C)(C)C)NN. The molecule has 0 aromatic carbocycles. The Bertz CT molecular complexity index is 329. The molecule has 17 heavy (non-hydrogen) atoms. The minimum Gasteiger partial charge on any atom is -0.271 e. The number of nitrogens with two attached hydrogens (primary N) is 1. The molecule has 1 aromatic heterocycles. The molecule has 0 fully saturated rings. The Morgan fingerprint density at radius 1 is 1.41 bits per heavy atom. The van der Waals surface area contributed by atoms with Gasteiger partial charge in [-0.25, -0.2) is 0 Å². The zero-order valence-electron chi connectivity index (χ0n) is 11.3. The molecule has 0 bridgehead atoms. The molecule has 3 N–H and O–H groups in total. The van der Waals surface area contributed by atoms with Crippen molar-refractivity contribution < 1.29 is 0 Å². The number of rotatable bonds is 6. The van der Waals surface area contributed by atoms with Crippen LogP contribution in [-0.2, 0) is 6.42 Å². The van der Waals surface area contributed by atoms with Crippen molar-refractivity contribution in [2.75, 3.05) is 0 Å². The van der Waals surface area contributed by atoms with Gasteiger partial charge in [-0.2, -0.15) is 0 Å². The summed E-state index contributed by atoms with van der Waals surface area (Å²) in [6.45, 7) is 8.90. The molecule has 0 amide bonds. The normalized spacial score (nSPS) is 13.9. The summed E-state index contributed by atoms with van der Waals surface area (Å²) in [5.74, 6) is 5.66. The number of hydrogen-bond donors (Lipinski definition) is 2. The Hall–Kier alpha value is -0.520. The average Bonchev–Trinajstić information content (AvgIpc) is 2.66. The number of hydrazine groups is 1. The summed E-state index contributed by atoms with van der Waals surface area (Å²) in [5, 5.41) is 4.19. The molecule has 1 heterocycles. The third-order valence-electron chi connectivity index (χ3n) is 2.77. The first-order valence-electron chi connectivity index (χ1n) is 6.25. The highest BCUT2D eigenvalue weighted by molar-refractivity contribution is 7.05. The summed E-state index contributed by atoms with van der Waals surface area (Å²) in [4.78, 5) is 1.21. The molecule has 1 unspecified atom stereocenters. The van der Waals surface area contributed by atoms with E-state index in [1.807, 2.05) is 0 Å². The number of nitrogens with one attached hydrogen (secondary N) is 1. The van der Waals surface area contributed by atoms with Gasteiger partial charge in [0.15, 0.2) is 0 Å². The maximum atomic E-state index is 5.66. The van der Waals surface area contributed by atoms with Gasteiger partial charge < -0.3 is 0 Å². The number of aromatic nitrogens is 2. The van der Waals surface area contributed by atoms with E-state index in [9.17, 15) is 0 Å². The maximum Gasteiger partial charge on any atom is 0.0804 e. The Morgan fingerprint density at radius 2 is 2.12 bits per heavy atom. The van der Waals surface area contributed by atoms with Crippen molar-refractivity contribution in [3.05, 3.63) is 10.6 Å². The van der Waals surface area contributed by atoms with Crippen molar-refractivity contribution in [1.29, 1.82) is 0 Å². The Labute approximate surface area is 108 Å². The van der Waals surface area contributed by atoms with E-state index >= 15 is 0 Å². The predicted octanol–water partition coefficient (Wildman–Crippen LogP) is 2.82. The molecule has 0 aliphatic rings. The smallest absolute Gasteiger partial charge is 0.0804 e. The van der Waals surface area contributed by atoms with Crippen LogP contribution in [0.1, 0.15) is 63.6 Å². The molecule has 98 valence electrons. The first-order valence-corrected chi connectivity index (χ1v) is 7.02. The van der Waals surface area contributed by atoms with Gasteiger partial charge in [-0.05, 0) is 36.2 Å². The molecule has 1 atom stereocenters. The van der Waals surface area contributed by atoms with Crippen molar-refractivity contribution in [3.63, 3.8) is 0 Å². The first kappa shape index (κ1) is 14.5. The average molecular weight is 256 g/mol. The zero-order valence-corrected chi connectivity index (χ0v) is 12.1. The van der Waals surface area contributed by atoms with E-state index in [1.165, 1.54) is 16.4 Å². The summed E-state index contributed by atoms with van der Waals surface area (Å²) in [6.07, 6.45) is 4.24. The van der Waals surface area contributed by atoms with Crippen LogP contribution in [0.5, 0.6) is 0 Å². The molecular formula is C12H24N4S. The first-order chi connectivity index (χ1) is 7.98. The molecule has 0 saturated carbocycles. The lowest BCUT2D eigenvalue weighted by Gasteiger charge is -2.22. The molecule has 0 radical (unpaired) electrons. The molecule has 0 aliphatic carbocycles. The van der Waals surface area contributed by atoms with Gasteiger partial charge in [0, 0.05) is 0 Å². The second kappa shape index (κ2) is 6.42. The van der Waals surface area contributed by atoms with E-state index in [0.717, 1.165) is 31.4 Å². The lowest BCUT2D eigenvalue weighted by atomic mass is 9.88. The fourth-order valence-corrected chi connectivity index (χ4v) is 2.55. The van der Waals surface area contributed by atoms with Crippen molar-refractivity contribution in [1.82, 2.24) is 15.0 Å². The van der Waals surface area contributed by atoms with Crippen LogP contribution in [0.2, 0.25) is 0 Å². The lowest BCUT2D eigenvalue weighted by Crippen LogP contribution is -2.29. The quantitative estimate of drug-likeness (QED) is 0.607. The lowest BCUT2D eigenvalue weighted by molar-refractivity contribution is 0.334. The van der Waals surface area contributed by atoms with Gasteiger partial charge in [-0.1, -0.05) is 38.6 Å². The Kier molecular flexibility index (Phi) is 5.49. The van der Waals surface area contributed by atoms with Gasteiger partial charge in [0.25, 0.3) is 0 Å². The van der Waals surface area contributed by atoms with Gasteiger partial charge in [-0.15, -0.1) is 5.10 Å². The Balaban J connectivity index is 2.69.